The van der Waals surface area contributed by atoms with Gasteiger partial charge in [-0.25, -0.2) is 19.9 Å². The summed E-state index contributed by atoms with van der Waals surface area (Å²) >= 11 is 3.48. The third kappa shape index (κ3) is 4.52. The third-order valence-corrected chi connectivity index (χ3v) is 11.9. The van der Waals surface area contributed by atoms with Crippen LogP contribution in [-0.4, -0.2) is 19.9 Å². The van der Waals surface area contributed by atoms with Gasteiger partial charge in [-0.15, -0.1) is 22.7 Å². The van der Waals surface area contributed by atoms with Crippen molar-refractivity contribution in [1.82, 2.24) is 19.9 Å². The molecule has 0 N–H and O–H groups in total. The summed E-state index contributed by atoms with van der Waals surface area (Å²) in [5.41, 5.74) is 9.45. The average molecular weight is 689 g/mol. The standard InChI is InChI=1S/C44H24N4OS2/c1-3-11-25(12-4-1)37-41-39(29-15-7-9-17-35(29)50-41)47-43(45-37)27-19-21-33-31(23-27)32-24-28(20-22-34(32)49-33)44-46-38(26-13-5-2-6-14-26)42-40(48-44)30-16-8-10-18-36(30)51-42/h1-24H. The van der Waals surface area contributed by atoms with Gasteiger partial charge >= 0.3 is 0 Å². The normalized spacial score (nSPS) is 11.9. The Bertz CT molecular complexity index is 2930. The number of aromatic nitrogens is 4. The molecular weight excluding hydrogens is 665 g/mol. The summed E-state index contributed by atoms with van der Waals surface area (Å²) in [4.78, 5) is 20.8. The van der Waals surface area contributed by atoms with E-state index in [1.165, 1.54) is 9.40 Å². The van der Waals surface area contributed by atoms with Crippen molar-refractivity contribution in [3.8, 4) is 45.3 Å². The fourth-order valence-corrected chi connectivity index (χ4v) is 9.39. The Labute approximate surface area is 299 Å². The highest BCUT2D eigenvalue weighted by Crippen LogP contribution is 2.42. The molecule has 0 atom stereocenters. The summed E-state index contributed by atoms with van der Waals surface area (Å²) in [5, 5.41) is 4.27. The molecule has 11 rings (SSSR count). The predicted octanol–water partition coefficient (Wildman–Crippen LogP) is 12.6. The number of nitrogens with zero attached hydrogens (tertiary/aromatic N) is 4. The van der Waals surface area contributed by atoms with Crippen LogP contribution in [0.25, 0.3) is 108 Å². The molecule has 0 saturated carbocycles. The molecule has 5 aromatic heterocycles. The van der Waals surface area contributed by atoms with Crippen LogP contribution in [0, 0.1) is 0 Å². The van der Waals surface area contributed by atoms with Crippen LogP contribution in [0.1, 0.15) is 0 Å². The Morgan fingerprint density at radius 1 is 0.373 bits per heavy atom. The molecule has 0 spiro atoms. The van der Waals surface area contributed by atoms with Crippen LogP contribution in [0.3, 0.4) is 0 Å². The Balaban J connectivity index is 1.11. The lowest BCUT2D eigenvalue weighted by Gasteiger charge is -2.08. The molecule has 51 heavy (non-hydrogen) atoms. The van der Waals surface area contributed by atoms with Crippen molar-refractivity contribution in [1.29, 1.82) is 0 Å². The second-order valence-electron chi connectivity index (χ2n) is 12.6. The zero-order valence-electron chi connectivity index (χ0n) is 26.9. The highest BCUT2D eigenvalue weighted by atomic mass is 32.1. The van der Waals surface area contributed by atoms with Crippen molar-refractivity contribution in [2.45, 2.75) is 0 Å². The fraction of sp³-hybridized carbons (Fsp3) is 0. The minimum Gasteiger partial charge on any atom is -0.456 e. The Kier molecular flexibility index (Phi) is 6.22. The number of hydrogen-bond donors (Lipinski definition) is 0. The summed E-state index contributed by atoms with van der Waals surface area (Å²) in [7, 11) is 0. The minimum absolute atomic E-state index is 0.683. The van der Waals surface area contributed by atoms with Gasteiger partial charge in [-0.2, -0.15) is 0 Å². The van der Waals surface area contributed by atoms with Gasteiger partial charge in [0.05, 0.1) is 31.8 Å². The van der Waals surface area contributed by atoms with Crippen LogP contribution >= 0.6 is 22.7 Å². The van der Waals surface area contributed by atoms with Gasteiger partial charge in [0.15, 0.2) is 11.6 Å². The minimum atomic E-state index is 0.683. The molecule has 5 nitrogen and oxygen atoms in total. The molecule has 0 saturated heterocycles. The first-order valence-electron chi connectivity index (χ1n) is 16.7. The van der Waals surface area contributed by atoms with Crippen LogP contribution in [0.5, 0.6) is 0 Å². The Morgan fingerprint density at radius 2 is 0.804 bits per heavy atom. The molecule has 0 fully saturated rings. The van der Waals surface area contributed by atoms with Gasteiger partial charge in [0.1, 0.15) is 11.2 Å². The van der Waals surface area contributed by atoms with Crippen LogP contribution in [-0.2, 0) is 0 Å². The van der Waals surface area contributed by atoms with Crippen LogP contribution < -0.4 is 0 Å². The molecule has 6 aromatic carbocycles. The van der Waals surface area contributed by atoms with Gasteiger partial charge in [-0.05, 0) is 48.5 Å². The van der Waals surface area contributed by atoms with Gasteiger partial charge in [0.25, 0.3) is 0 Å². The molecule has 5 heterocycles. The molecule has 0 radical (unpaired) electrons. The number of hydrogen-bond acceptors (Lipinski definition) is 7. The number of thiophene rings is 2. The molecule has 0 unspecified atom stereocenters. The van der Waals surface area contributed by atoms with E-state index in [1.54, 1.807) is 22.7 Å². The monoisotopic (exact) mass is 688 g/mol. The topological polar surface area (TPSA) is 64.7 Å². The van der Waals surface area contributed by atoms with E-state index in [0.29, 0.717) is 11.6 Å². The fourth-order valence-electron chi connectivity index (χ4n) is 7.08. The molecule has 11 aromatic rings. The van der Waals surface area contributed by atoms with E-state index in [0.717, 1.165) is 86.8 Å². The molecular formula is C44H24N4OS2. The van der Waals surface area contributed by atoms with Gasteiger partial charge in [0, 0.05) is 53.2 Å². The van der Waals surface area contributed by atoms with Crippen LogP contribution in [0.4, 0.5) is 0 Å². The molecule has 0 aliphatic rings. The zero-order valence-corrected chi connectivity index (χ0v) is 28.5. The zero-order chi connectivity index (χ0) is 33.5. The summed E-state index contributed by atoms with van der Waals surface area (Å²) in [6.45, 7) is 0. The smallest absolute Gasteiger partial charge is 0.160 e. The maximum atomic E-state index is 6.37. The summed E-state index contributed by atoms with van der Waals surface area (Å²) in [5.74, 6) is 1.37. The second kappa shape index (κ2) is 11.1. The van der Waals surface area contributed by atoms with Gasteiger partial charge < -0.3 is 4.42 Å². The van der Waals surface area contributed by atoms with E-state index in [1.807, 2.05) is 24.3 Å². The first kappa shape index (κ1) is 28.5. The van der Waals surface area contributed by atoms with Gasteiger partial charge in [-0.1, -0.05) is 97.1 Å². The SMILES string of the molecule is c1ccc(-c2nc(-c3ccc4oc5ccc(-c6nc(-c7ccccc7)c7sc8ccccc8c7n6)cc5c4c3)nc3c2sc2ccccc23)cc1. The molecule has 0 bridgehead atoms. The van der Waals surface area contributed by atoms with Crippen molar-refractivity contribution >= 4 is 85.2 Å². The van der Waals surface area contributed by atoms with Crippen molar-refractivity contribution in [3.63, 3.8) is 0 Å². The second-order valence-corrected chi connectivity index (χ2v) is 14.7. The Morgan fingerprint density at radius 3 is 1.27 bits per heavy atom. The number of benzene rings is 6. The van der Waals surface area contributed by atoms with Gasteiger partial charge in [-0.3, -0.25) is 0 Å². The summed E-state index contributed by atoms with van der Waals surface area (Å²) in [6.07, 6.45) is 0. The number of furan rings is 1. The van der Waals surface area contributed by atoms with Crippen LogP contribution in [0.15, 0.2) is 150 Å². The summed E-state index contributed by atoms with van der Waals surface area (Å²) in [6, 6.07) is 50.2. The number of fused-ring (bicyclic) bond motifs is 9. The van der Waals surface area contributed by atoms with E-state index in [4.69, 9.17) is 24.4 Å². The van der Waals surface area contributed by atoms with E-state index >= 15 is 0 Å². The maximum Gasteiger partial charge on any atom is 0.160 e. The first-order chi connectivity index (χ1) is 25.2. The summed E-state index contributed by atoms with van der Waals surface area (Å²) < 4.78 is 11.0. The third-order valence-electron chi connectivity index (χ3n) is 9.52. The molecule has 7 heteroatoms. The molecule has 238 valence electrons. The lowest BCUT2D eigenvalue weighted by Crippen LogP contribution is -1.93. The maximum absolute atomic E-state index is 6.37. The molecule has 0 aliphatic carbocycles. The van der Waals surface area contributed by atoms with E-state index < -0.39 is 0 Å². The highest BCUT2D eigenvalue weighted by molar-refractivity contribution is 7.26. The predicted molar refractivity (Wildman–Crippen MR) is 212 cm³/mol. The van der Waals surface area contributed by atoms with E-state index in [9.17, 15) is 0 Å². The van der Waals surface area contributed by atoms with Crippen molar-refractivity contribution in [3.05, 3.63) is 146 Å². The van der Waals surface area contributed by atoms with Crippen molar-refractivity contribution in [2.75, 3.05) is 0 Å². The van der Waals surface area contributed by atoms with E-state index in [2.05, 4.69) is 121 Å². The lowest BCUT2D eigenvalue weighted by atomic mass is 10.1. The quantitative estimate of drug-likeness (QED) is 0.184. The van der Waals surface area contributed by atoms with E-state index in [-0.39, 0.29) is 0 Å². The Hall–Kier alpha value is -6.28. The highest BCUT2D eigenvalue weighted by Gasteiger charge is 2.20. The van der Waals surface area contributed by atoms with Crippen LogP contribution in [0.2, 0.25) is 0 Å². The van der Waals surface area contributed by atoms with Crippen molar-refractivity contribution < 1.29 is 4.42 Å². The van der Waals surface area contributed by atoms with Gasteiger partial charge in [0.2, 0.25) is 0 Å². The largest absolute Gasteiger partial charge is 0.456 e. The lowest BCUT2D eigenvalue weighted by molar-refractivity contribution is 0.669. The molecule has 0 aliphatic heterocycles. The van der Waals surface area contributed by atoms with Crippen molar-refractivity contribution in [2.24, 2.45) is 0 Å². The number of rotatable bonds is 4. The average Bonchev–Trinajstić information content (AvgIpc) is 3.88. The molecule has 0 amide bonds. The first-order valence-corrected chi connectivity index (χ1v) is 18.3.